The van der Waals surface area contributed by atoms with Gasteiger partial charge in [0, 0.05) is 19.2 Å². The van der Waals surface area contributed by atoms with E-state index in [4.69, 9.17) is 4.74 Å². The first-order chi connectivity index (χ1) is 9.28. The van der Waals surface area contributed by atoms with Crippen LogP contribution in [-0.2, 0) is 22.5 Å². The molecule has 0 aliphatic rings. The lowest BCUT2D eigenvalue weighted by atomic mass is 9.88. The third-order valence-electron chi connectivity index (χ3n) is 2.80. The summed E-state index contributed by atoms with van der Waals surface area (Å²) in [5.74, 6) is -0.208. The number of hydrogen-bond donors (Lipinski definition) is 0. The Kier molecular flexibility index (Phi) is 4.86. The van der Waals surface area contributed by atoms with Gasteiger partial charge in [0.1, 0.15) is 5.60 Å². The molecule has 5 heteroatoms. The summed E-state index contributed by atoms with van der Waals surface area (Å²) in [6.07, 6.45) is 2.43. The summed E-state index contributed by atoms with van der Waals surface area (Å²) in [4.78, 5) is 12.2. The van der Waals surface area contributed by atoms with Crippen molar-refractivity contribution in [2.24, 2.45) is 10.8 Å². The fraction of sp³-hybridized carbons (Fsp3) is 0.812. The molecule has 1 aromatic rings. The molecule has 0 aliphatic carbocycles. The van der Waals surface area contributed by atoms with Crippen molar-refractivity contribution in [3.63, 3.8) is 0 Å². The highest BCUT2D eigenvalue weighted by atomic mass is 16.6. The van der Waals surface area contributed by atoms with E-state index in [1.807, 2.05) is 45.5 Å². The fourth-order valence-electron chi connectivity index (χ4n) is 1.92. The Morgan fingerprint density at radius 2 is 1.71 bits per heavy atom. The molecule has 0 fully saturated rings. The van der Waals surface area contributed by atoms with E-state index in [0.717, 1.165) is 12.2 Å². The predicted octanol–water partition coefficient (Wildman–Crippen LogP) is 3.23. The molecule has 0 spiro atoms. The third-order valence-corrected chi connectivity index (χ3v) is 2.80. The molecule has 0 saturated carbocycles. The number of rotatable bonds is 4. The summed E-state index contributed by atoms with van der Waals surface area (Å²) in [6, 6.07) is 0. The van der Waals surface area contributed by atoms with Gasteiger partial charge in [-0.2, -0.15) is 0 Å². The van der Waals surface area contributed by atoms with Gasteiger partial charge >= 0.3 is 5.97 Å². The highest BCUT2D eigenvalue weighted by molar-refractivity contribution is 5.76. The second-order valence-electron chi connectivity index (χ2n) is 8.53. The number of hydrogen-bond acceptors (Lipinski definition) is 4. The van der Waals surface area contributed by atoms with Gasteiger partial charge in [-0.05, 0) is 40.0 Å². The van der Waals surface area contributed by atoms with Gasteiger partial charge in [-0.1, -0.05) is 26.0 Å². The van der Waals surface area contributed by atoms with Gasteiger partial charge in [-0.15, -0.1) is 5.10 Å². The molecular weight excluding hydrogens is 266 g/mol. The van der Waals surface area contributed by atoms with E-state index in [1.165, 1.54) is 0 Å². The summed E-state index contributed by atoms with van der Waals surface area (Å²) in [7, 11) is 0. The van der Waals surface area contributed by atoms with Gasteiger partial charge in [0.25, 0.3) is 0 Å². The number of aromatic nitrogens is 3. The summed E-state index contributed by atoms with van der Waals surface area (Å²) < 4.78 is 7.30. The van der Waals surface area contributed by atoms with Crippen molar-refractivity contribution in [2.75, 3.05) is 0 Å². The Hall–Kier alpha value is -1.39. The molecule has 21 heavy (non-hydrogen) atoms. The Bertz CT molecular complexity index is 490. The minimum Gasteiger partial charge on any atom is -0.460 e. The van der Waals surface area contributed by atoms with Crippen LogP contribution < -0.4 is 0 Å². The molecule has 1 rings (SSSR count). The molecule has 1 heterocycles. The molecule has 5 nitrogen and oxygen atoms in total. The number of carbonyl (C=O) groups excluding carboxylic acids is 1. The van der Waals surface area contributed by atoms with E-state index in [1.54, 1.807) is 0 Å². The highest BCUT2D eigenvalue weighted by Crippen LogP contribution is 2.25. The number of esters is 1. The number of nitrogens with zero attached hydrogens (tertiary/aromatic N) is 3. The molecule has 0 radical (unpaired) electrons. The van der Waals surface area contributed by atoms with Crippen molar-refractivity contribution in [3.8, 4) is 0 Å². The Balaban J connectivity index is 2.73. The second-order valence-corrected chi connectivity index (χ2v) is 8.53. The zero-order chi connectivity index (χ0) is 16.5. The predicted molar refractivity (Wildman–Crippen MR) is 82.8 cm³/mol. The molecule has 1 aromatic heterocycles. The molecule has 120 valence electrons. The van der Waals surface area contributed by atoms with Crippen LogP contribution in [0.15, 0.2) is 6.20 Å². The van der Waals surface area contributed by atoms with Crippen LogP contribution in [0, 0.1) is 10.8 Å². The van der Waals surface area contributed by atoms with E-state index in [2.05, 4.69) is 31.1 Å². The standard InChI is InChI=1S/C16H29N3O2/c1-14(2,3)11-19-10-12(17-18-19)9-16(7,8)13(20)21-15(4,5)6/h10H,9,11H2,1-8H3. The van der Waals surface area contributed by atoms with E-state index < -0.39 is 11.0 Å². The van der Waals surface area contributed by atoms with E-state index in [9.17, 15) is 4.79 Å². The van der Waals surface area contributed by atoms with Gasteiger partial charge in [-0.3, -0.25) is 9.48 Å². The second kappa shape index (κ2) is 5.78. The maximum atomic E-state index is 12.2. The molecule has 0 aromatic carbocycles. The molecule has 0 aliphatic heterocycles. The number of ether oxygens (including phenoxy) is 1. The fourth-order valence-corrected chi connectivity index (χ4v) is 1.92. The zero-order valence-corrected chi connectivity index (χ0v) is 14.6. The quantitative estimate of drug-likeness (QED) is 0.800. The van der Waals surface area contributed by atoms with Gasteiger partial charge in [0.05, 0.1) is 11.1 Å². The Morgan fingerprint density at radius 1 is 1.14 bits per heavy atom. The molecule has 0 bridgehead atoms. The summed E-state index contributed by atoms with van der Waals surface area (Å²) in [6.45, 7) is 16.6. The summed E-state index contributed by atoms with van der Waals surface area (Å²) in [5, 5.41) is 8.30. The van der Waals surface area contributed by atoms with E-state index in [-0.39, 0.29) is 11.4 Å². The SMILES string of the molecule is CC(C)(C)Cn1cc(CC(C)(C)C(=O)OC(C)(C)C)nn1. The average molecular weight is 295 g/mol. The van der Waals surface area contributed by atoms with Crippen LogP contribution in [-0.4, -0.2) is 26.6 Å². The van der Waals surface area contributed by atoms with Crippen LogP contribution >= 0.6 is 0 Å². The van der Waals surface area contributed by atoms with Crippen LogP contribution in [0.1, 0.15) is 61.1 Å². The summed E-state index contributed by atoms with van der Waals surface area (Å²) >= 11 is 0. The Labute approximate surface area is 128 Å². The third kappa shape index (κ3) is 6.27. The topological polar surface area (TPSA) is 57.0 Å². The number of carbonyl (C=O) groups is 1. The first kappa shape index (κ1) is 17.7. The first-order valence-corrected chi connectivity index (χ1v) is 7.41. The van der Waals surface area contributed by atoms with Crippen LogP contribution in [0.25, 0.3) is 0 Å². The van der Waals surface area contributed by atoms with Crippen LogP contribution in [0.3, 0.4) is 0 Å². The van der Waals surface area contributed by atoms with Gasteiger partial charge in [0.15, 0.2) is 0 Å². The van der Waals surface area contributed by atoms with Crippen molar-refractivity contribution in [2.45, 2.75) is 74.0 Å². The molecule has 0 N–H and O–H groups in total. The minimum atomic E-state index is -0.615. The largest absolute Gasteiger partial charge is 0.460 e. The van der Waals surface area contributed by atoms with E-state index >= 15 is 0 Å². The lowest BCUT2D eigenvalue weighted by molar-refractivity contribution is -0.165. The van der Waals surface area contributed by atoms with Crippen LogP contribution in [0.2, 0.25) is 0 Å². The Morgan fingerprint density at radius 3 is 2.19 bits per heavy atom. The van der Waals surface area contributed by atoms with Crippen LogP contribution in [0.4, 0.5) is 0 Å². The van der Waals surface area contributed by atoms with Gasteiger partial charge in [-0.25, -0.2) is 0 Å². The molecule has 0 unspecified atom stereocenters. The average Bonchev–Trinajstić information content (AvgIpc) is 2.58. The maximum Gasteiger partial charge on any atom is 0.312 e. The van der Waals surface area contributed by atoms with Gasteiger partial charge < -0.3 is 4.74 Å². The smallest absolute Gasteiger partial charge is 0.312 e. The highest BCUT2D eigenvalue weighted by Gasteiger charge is 2.33. The van der Waals surface area contributed by atoms with Crippen LogP contribution in [0.5, 0.6) is 0 Å². The summed E-state index contributed by atoms with van der Waals surface area (Å²) in [5.41, 5.74) is -0.130. The maximum absolute atomic E-state index is 12.2. The normalized spacial score (nSPS) is 13.3. The monoisotopic (exact) mass is 295 g/mol. The van der Waals surface area contributed by atoms with Crippen molar-refractivity contribution in [3.05, 3.63) is 11.9 Å². The molecular formula is C16H29N3O2. The van der Waals surface area contributed by atoms with Crippen molar-refractivity contribution >= 4 is 5.97 Å². The zero-order valence-electron chi connectivity index (χ0n) is 14.6. The molecule has 0 saturated heterocycles. The minimum absolute atomic E-state index is 0.144. The lowest BCUT2D eigenvalue weighted by Crippen LogP contribution is -2.35. The van der Waals surface area contributed by atoms with Crippen molar-refractivity contribution < 1.29 is 9.53 Å². The molecule has 0 amide bonds. The van der Waals surface area contributed by atoms with Gasteiger partial charge in [0.2, 0.25) is 0 Å². The molecule has 0 atom stereocenters. The first-order valence-electron chi connectivity index (χ1n) is 7.41. The lowest BCUT2D eigenvalue weighted by Gasteiger charge is -2.27. The van der Waals surface area contributed by atoms with E-state index in [0.29, 0.717) is 6.42 Å². The van der Waals surface area contributed by atoms with Crippen molar-refractivity contribution in [1.82, 2.24) is 15.0 Å². The van der Waals surface area contributed by atoms with Crippen molar-refractivity contribution in [1.29, 1.82) is 0 Å².